The van der Waals surface area contributed by atoms with E-state index >= 15 is 0 Å². The Morgan fingerprint density at radius 1 is 1.26 bits per heavy atom. The van der Waals surface area contributed by atoms with Crippen LogP contribution in [0.15, 0.2) is 36.4 Å². The maximum atomic E-state index is 12.6. The minimum absolute atomic E-state index is 0.0223. The molecular weight excluding hydrogens is 348 g/mol. The molecule has 0 spiro atoms. The number of amides is 1. The van der Waals surface area contributed by atoms with Gasteiger partial charge in [-0.25, -0.2) is 0 Å². The number of para-hydroxylation sites is 1. The maximum Gasteiger partial charge on any atom is 0.294 e. The lowest BCUT2D eigenvalue weighted by molar-refractivity contribution is -0.384. The number of benzene rings is 2. The van der Waals surface area contributed by atoms with Crippen molar-refractivity contribution < 1.29 is 14.5 Å². The van der Waals surface area contributed by atoms with E-state index in [2.05, 4.69) is 10.6 Å². The lowest BCUT2D eigenvalue weighted by atomic mass is 10.1. The predicted molar refractivity (Wildman–Crippen MR) is 104 cm³/mol. The molecule has 1 fully saturated rings. The van der Waals surface area contributed by atoms with Gasteiger partial charge < -0.3 is 20.3 Å². The number of piperazine rings is 1. The number of carbonyl (C=O) groups excluding carboxylic acids is 1. The number of methoxy groups -OCH3 is 1. The standard InChI is InChI=1S/C19H22N4O4/c1-13-4-3-5-15(18(13)27-2)19(24)21-14-6-7-16(17(12-14)23(25)26)22-10-8-20-9-11-22/h3-7,12,20H,8-11H2,1-2H3,(H,21,24). The van der Waals surface area contributed by atoms with Gasteiger partial charge in [-0.3, -0.25) is 14.9 Å². The topological polar surface area (TPSA) is 96.7 Å². The smallest absolute Gasteiger partial charge is 0.294 e. The highest BCUT2D eigenvalue weighted by molar-refractivity contribution is 6.06. The van der Waals surface area contributed by atoms with Crippen molar-refractivity contribution in [2.45, 2.75) is 6.92 Å². The molecule has 0 saturated carbocycles. The lowest BCUT2D eigenvalue weighted by Crippen LogP contribution is -2.43. The molecular formula is C19H22N4O4. The van der Waals surface area contributed by atoms with Crippen LogP contribution in [0.2, 0.25) is 0 Å². The van der Waals surface area contributed by atoms with Crippen molar-refractivity contribution in [3.8, 4) is 5.75 Å². The molecule has 3 rings (SSSR count). The average molecular weight is 370 g/mol. The second-order valence-corrected chi connectivity index (χ2v) is 6.31. The first-order valence-corrected chi connectivity index (χ1v) is 8.70. The summed E-state index contributed by atoms with van der Waals surface area (Å²) in [5.41, 5.74) is 2.13. The van der Waals surface area contributed by atoms with Crippen LogP contribution in [0.3, 0.4) is 0 Å². The van der Waals surface area contributed by atoms with Gasteiger partial charge in [-0.1, -0.05) is 12.1 Å². The van der Waals surface area contributed by atoms with Crippen LogP contribution in [0.5, 0.6) is 5.75 Å². The average Bonchev–Trinajstić information content (AvgIpc) is 2.68. The van der Waals surface area contributed by atoms with Crippen LogP contribution in [0.4, 0.5) is 17.1 Å². The Morgan fingerprint density at radius 2 is 2.00 bits per heavy atom. The van der Waals surface area contributed by atoms with Crippen LogP contribution in [-0.2, 0) is 0 Å². The summed E-state index contributed by atoms with van der Waals surface area (Å²) >= 11 is 0. The number of aryl methyl sites for hydroxylation is 1. The Balaban J connectivity index is 1.87. The monoisotopic (exact) mass is 370 g/mol. The van der Waals surface area contributed by atoms with Crippen LogP contribution in [0.1, 0.15) is 15.9 Å². The molecule has 0 atom stereocenters. The van der Waals surface area contributed by atoms with E-state index in [1.807, 2.05) is 17.9 Å². The van der Waals surface area contributed by atoms with Gasteiger partial charge in [0.15, 0.2) is 0 Å². The molecule has 1 heterocycles. The van der Waals surface area contributed by atoms with Crippen molar-refractivity contribution in [3.05, 3.63) is 57.6 Å². The summed E-state index contributed by atoms with van der Waals surface area (Å²) in [5.74, 6) is 0.113. The number of anilines is 2. The fourth-order valence-corrected chi connectivity index (χ4v) is 3.22. The molecule has 2 aromatic carbocycles. The number of nitrogens with zero attached hydrogens (tertiary/aromatic N) is 2. The molecule has 0 radical (unpaired) electrons. The molecule has 142 valence electrons. The predicted octanol–water partition coefficient (Wildman–Crippen LogP) is 2.57. The van der Waals surface area contributed by atoms with Gasteiger partial charge in [-0.2, -0.15) is 0 Å². The summed E-state index contributed by atoms with van der Waals surface area (Å²) in [4.78, 5) is 25.7. The van der Waals surface area contributed by atoms with E-state index in [9.17, 15) is 14.9 Å². The Labute approximate surface area is 157 Å². The maximum absolute atomic E-state index is 12.6. The van der Waals surface area contributed by atoms with Gasteiger partial charge in [0.2, 0.25) is 0 Å². The highest BCUT2D eigenvalue weighted by atomic mass is 16.6. The molecule has 1 aliphatic rings. The second-order valence-electron chi connectivity index (χ2n) is 6.31. The van der Waals surface area contributed by atoms with E-state index in [1.54, 1.807) is 24.3 Å². The van der Waals surface area contributed by atoms with Gasteiger partial charge in [0.1, 0.15) is 11.4 Å². The van der Waals surface area contributed by atoms with Crippen LogP contribution in [-0.4, -0.2) is 44.1 Å². The van der Waals surface area contributed by atoms with Gasteiger partial charge >= 0.3 is 0 Å². The Bertz CT molecular complexity index is 863. The summed E-state index contributed by atoms with van der Waals surface area (Å²) in [6.45, 7) is 4.81. The molecule has 2 N–H and O–H groups in total. The number of carbonyl (C=O) groups is 1. The first kappa shape index (κ1) is 18.7. The minimum atomic E-state index is -0.416. The van der Waals surface area contributed by atoms with Crippen LogP contribution in [0, 0.1) is 17.0 Å². The minimum Gasteiger partial charge on any atom is -0.496 e. The fraction of sp³-hybridized carbons (Fsp3) is 0.316. The van der Waals surface area contributed by atoms with Crippen LogP contribution < -0.4 is 20.3 Å². The number of ether oxygens (including phenoxy) is 1. The third-order valence-corrected chi connectivity index (χ3v) is 4.55. The molecule has 0 unspecified atom stereocenters. The third-order valence-electron chi connectivity index (χ3n) is 4.55. The van der Waals surface area contributed by atoms with Crippen molar-refractivity contribution in [2.24, 2.45) is 0 Å². The summed E-state index contributed by atoms with van der Waals surface area (Å²) in [7, 11) is 1.51. The zero-order chi connectivity index (χ0) is 19.4. The Kier molecular flexibility index (Phi) is 5.56. The van der Waals surface area contributed by atoms with E-state index in [-0.39, 0.29) is 11.6 Å². The van der Waals surface area contributed by atoms with Gasteiger partial charge in [0, 0.05) is 37.9 Å². The highest BCUT2D eigenvalue weighted by Gasteiger charge is 2.22. The van der Waals surface area contributed by atoms with Crippen molar-refractivity contribution in [1.29, 1.82) is 0 Å². The third kappa shape index (κ3) is 4.01. The van der Waals surface area contributed by atoms with Crippen LogP contribution in [0.25, 0.3) is 0 Å². The van der Waals surface area contributed by atoms with Gasteiger partial charge in [0.05, 0.1) is 17.6 Å². The van der Waals surface area contributed by atoms with E-state index in [0.717, 1.165) is 18.7 Å². The SMILES string of the molecule is COc1c(C)cccc1C(=O)Nc1ccc(N2CCNCC2)c([N+](=O)[O-])c1. The largest absolute Gasteiger partial charge is 0.496 e. The summed E-state index contributed by atoms with van der Waals surface area (Å²) in [6, 6.07) is 10.0. The normalized spacial score (nSPS) is 13.9. The van der Waals surface area contributed by atoms with E-state index in [4.69, 9.17) is 4.74 Å². The molecule has 0 aliphatic carbocycles. The van der Waals surface area contributed by atoms with Crippen molar-refractivity contribution in [2.75, 3.05) is 43.5 Å². The van der Waals surface area contributed by atoms with Crippen molar-refractivity contribution in [3.63, 3.8) is 0 Å². The zero-order valence-corrected chi connectivity index (χ0v) is 15.3. The highest BCUT2D eigenvalue weighted by Crippen LogP contribution is 2.32. The summed E-state index contributed by atoms with van der Waals surface area (Å²) < 4.78 is 5.31. The number of nitrogens with one attached hydrogen (secondary N) is 2. The molecule has 1 aliphatic heterocycles. The molecule has 2 aromatic rings. The first-order chi connectivity index (χ1) is 13.0. The fourth-order valence-electron chi connectivity index (χ4n) is 3.22. The number of hydrogen-bond donors (Lipinski definition) is 2. The van der Waals surface area contributed by atoms with E-state index in [1.165, 1.54) is 13.2 Å². The molecule has 8 nitrogen and oxygen atoms in total. The molecule has 1 saturated heterocycles. The lowest BCUT2D eigenvalue weighted by Gasteiger charge is -2.29. The molecule has 0 aromatic heterocycles. The van der Waals surface area contributed by atoms with Crippen LogP contribution >= 0.6 is 0 Å². The Morgan fingerprint density at radius 3 is 2.67 bits per heavy atom. The molecule has 0 bridgehead atoms. The van der Waals surface area contributed by atoms with Crippen molar-refractivity contribution >= 4 is 23.0 Å². The summed E-state index contributed by atoms with van der Waals surface area (Å²) in [5, 5.41) is 17.5. The van der Waals surface area contributed by atoms with E-state index in [0.29, 0.717) is 35.8 Å². The van der Waals surface area contributed by atoms with Crippen molar-refractivity contribution in [1.82, 2.24) is 5.32 Å². The number of nitro benzene ring substituents is 1. The number of rotatable bonds is 5. The summed E-state index contributed by atoms with van der Waals surface area (Å²) in [6.07, 6.45) is 0. The second kappa shape index (κ2) is 8.05. The molecule has 8 heteroatoms. The van der Waals surface area contributed by atoms with Gasteiger partial charge in [-0.05, 0) is 30.7 Å². The molecule has 27 heavy (non-hydrogen) atoms. The van der Waals surface area contributed by atoms with Gasteiger partial charge in [-0.15, -0.1) is 0 Å². The molecule has 1 amide bonds. The number of hydrogen-bond acceptors (Lipinski definition) is 6. The Hall–Kier alpha value is -3.13. The first-order valence-electron chi connectivity index (χ1n) is 8.70. The zero-order valence-electron chi connectivity index (χ0n) is 15.3. The van der Waals surface area contributed by atoms with Gasteiger partial charge in [0.25, 0.3) is 11.6 Å². The quantitative estimate of drug-likeness (QED) is 0.620. The number of nitro groups is 1. The van der Waals surface area contributed by atoms with E-state index < -0.39 is 4.92 Å².